The van der Waals surface area contributed by atoms with Crippen molar-refractivity contribution < 1.29 is 108 Å². The van der Waals surface area contributed by atoms with Crippen LogP contribution < -0.4 is 44.1 Å². The van der Waals surface area contributed by atoms with E-state index >= 15 is 0 Å². The van der Waals surface area contributed by atoms with Crippen molar-refractivity contribution >= 4 is 145 Å². The zero-order valence-electron chi connectivity index (χ0n) is 82.8. The van der Waals surface area contributed by atoms with Crippen molar-refractivity contribution in [3.05, 3.63) is 288 Å². The molecule has 0 saturated heterocycles. The molecular formula is C90H114CaCl2N20O29. The Morgan fingerprint density at radius 2 is 0.887 bits per heavy atom. The first-order chi connectivity index (χ1) is 65.4. The minimum absolute atomic E-state index is 0. The normalized spacial score (nSPS) is 10.6. The van der Waals surface area contributed by atoms with Gasteiger partial charge in [-0.05, 0) is 56.5 Å². The molecule has 10 rings (SSSR count). The van der Waals surface area contributed by atoms with Crippen molar-refractivity contribution in [1.82, 2.24) is 65.0 Å². The van der Waals surface area contributed by atoms with E-state index in [1.807, 2.05) is 117 Å². The van der Waals surface area contributed by atoms with Crippen molar-refractivity contribution in [2.24, 2.45) is 17.6 Å². The number of benzene rings is 5. The molecule has 5 aromatic heterocycles. The van der Waals surface area contributed by atoms with Crippen LogP contribution in [0.4, 0.5) is 17.1 Å². The fraction of sp³-hybridized carbons (Fsp3) is 0.344. The molecule has 142 heavy (non-hydrogen) atoms. The third kappa shape index (κ3) is 44.6. The summed E-state index contributed by atoms with van der Waals surface area (Å²) in [7, 11) is 3.35. The second kappa shape index (κ2) is 65.4. The Bertz CT molecular complexity index is 6010. The predicted molar refractivity (Wildman–Crippen MR) is 522 cm³/mol. The molecule has 5 aromatic carbocycles. The van der Waals surface area contributed by atoms with Crippen LogP contribution in [0, 0.1) is 57.7 Å². The molecule has 9 N–H and O–H groups in total. The first-order valence-electron chi connectivity index (χ1n) is 41.6. The van der Waals surface area contributed by atoms with E-state index < -0.39 is 149 Å². The Morgan fingerprint density at radius 1 is 0.542 bits per heavy atom. The van der Waals surface area contributed by atoms with Crippen molar-refractivity contribution in [2.45, 2.75) is 146 Å². The number of aliphatic carboxylic acids is 1. The molecule has 5 heterocycles. The van der Waals surface area contributed by atoms with Gasteiger partial charge >= 0.3 is 95.8 Å². The summed E-state index contributed by atoms with van der Waals surface area (Å²) in [5.41, 5.74) is 8.03. The fourth-order valence-electron chi connectivity index (χ4n) is 10.5. The number of nitro groups is 4. The summed E-state index contributed by atoms with van der Waals surface area (Å²) >= 11 is 0. The number of nitrogens with one attached hydrogen (secondary N) is 4. The molecular weight excluding hydrogens is 1940 g/mol. The van der Waals surface area contributed by atoms with Crippen LogP contribution in [0.3, 0.4) is 0 Å². The van der Waals surface area contributed by atoms with E-state index in [1.54, 1.807) is 125 Å². The number of ether oxygens (including phenoxy) is 5. The van der Waals surface area contributed by atoms with Gasteiger partial charge in [0.1, 0.15) is 55.2 Å². The second-order valence-electron chi connectivity index (χ2n) is 30.7. The molecule has 52 heteroatoms. The molecule has 49 nitrogen and oxygen atoms in total. The van der Waals surface area contributed by atoms with Crippen LogP contribution in [0.25, 0.3) is 34.2 Å². The monoisotopic (exact) mass is 2050 g/mol. The Labute approximate surface area is 857 Å². The van der Waals surface area contributed by atoms with Gasteiger partial charge in [0.15, 0.2) is 6.26 Å². The number of hydrogen-bond donors (Lipinski definition) is 7. The minimum Gasteiger partial charge on any atom is -1.00 e. The average molecular weight is 2050 g/mol. The van der Waals surface area contributed by atoms with Crippen LogP contribution in [0.15, 0.2) is 205 Å². The van der Waals surface area contributed by atoms with Crippen LogP contribution >= 0.6 is 24.8 Å². The average Bonchev–Trinajstić information content (AvgIpc) is 1.41. The number of Topliss-reactive ketones (excluding diaryl/α,β-unsaturated/α-hetero) is 2. The van der Waals surface area contributed by atoms with Crippen LogP contribution in [0.5, 0.6) is 0 Å². The predicted octanol–water partition coefficient (Wildman–Crippen LogP) is 9.22. The number of nitrogens with zero attached hydrogens (tertiary/aromatic N) is 14. The van der Waals surface area contributed by atoms with Gasteiger partial charge in [0.2, 0.25) is 41.1 Å². The van der Waals surface area contributed by atoms with E-state index in [9.17, 15) is 103 Å². The third-order valence-corrected chi connectivity index (χ3v) is 16.9. The molecule has 0 saturated carbocycles. The van der Waals surface area contributed by atoms with Crippen molar-refractivity contribution in [3.8, 4) is 34.2 Å². The van der Waals surface area contributed by atoms with E-state index in [4.69, 9.17) is 35.6 Å². The maximum atomic E-state index is 13.0. The van der Waals surface area contributed by atoms with Gasteiger partial charge in [0, 0.05) is 64.0 Å². The van der Waals surface area contributed by atoms with Crippen molar-refractivity contribution in [1.29, 1.82) is 5.41 Å². The second-order valence-corrected chi connectivity index (χ2v) is 30.7. The number of nitrogens with two attached hydrogens (primary N) is 2. The number of aromatic nitrogens is 10. The number of ketones is 2. The van der Waals surface area contributed by atoms with Crippen LogP contribution in [0.1, 0.15) is 156 Å². The summed E-state index contributed by atoms with van der Waals surface area (Å²) in [4.78, 5) is 202. The number of rotatable bonds is 28. The number of carboxylic acid groups (broad SMARTS) is 1. The summed E-state index contributed by atoms with van der Waals surface area (Å²) in [5.74, 6) is -6.37. The van der Waals surface area contributed by atoms with Gasteiger partial charge in [-0.3, -0.25) is 112 Å². The van der Waals surface area contributed by atoms with E-state index in [-0.39, 0.29) is 131 Å². The molecule has 0 spiro atoms. The summed E-state index contributed by atoms with van der Waals surface area (Å²) in [5, 5.41) is 81.3. The van der Waals surface area contributed by atoms with Gasteiger partial charge in [-0.2, -0.15) is 0 Å². The minimum atomic E-state index is -1.29. The van der Waals surface area contributed by atoms with Gasteiger partial charge in [0.25, 0.3) is 29.8 Å². The van der Waals surface area contributed by atoms with E-state index in [2.05, 4.69) is 70.2 Å². The van der Waals surface area contributed by atoms with E-state index in [1.165, 1.54) is 31.7 Å². The summed E-state index contributed by atoms with van der Waals surface area (Å²) in [6.07, 6.45) is 3.68. The standard InChI is InChI=1S/C23H26N6O6.C23H28N6O4.C12H9N3O5.2C9H11NO.C5H7NO5.C4H6O3.C3H5NO4.C2H7N.Ca.2ClH.2H/c1-13(2)17(18(31)20-26-27-22(35-20)23(3,4)5)25-16(30)12-28-19(14-9-7-6-8-10-14)24-11-15(21(28)32)29(33)34;1-13(2)17(18(31)20-27-28-22(33-20)23(3,4)5)26-16(30)12-29-19(14-9-7-6-8-10-14)25-11-15(24)21(29)32;16-10(17)7-14-11(8-4-2-1-3-5-8)13-6-9(12(14)18)15(19)20;1-2-11-9(10)8-6-4-3-5-7-8;1-2-10-9(11)8-6-4-3-5-7-8;1-10-3-4(6(8)9)5(7)11-2;1-3(5)7-4(2)6;1-8-3(5)2-4(6)7;1-2-3;;;;;/h6-11,13,17H,12H2,1-5H3,(H,25,30);6-11,13,17H,12,24H2,1-5H3,(H,26,30);1-6H,7H2,(H,16,17);3-7,10H,2H2,1H3;3-7H,2H2,1H3,(H,10,11);3H,1-2H3;1-2H3;2H2,1H3;2-3H2,1H3;;2*1H;;/q;;;;;;;;;+2;;;2*-1. The van der Waals surface area contributed by atoms with Gasteiger partial charge in [0.05, 0.1) is 61.0 Å². The maximum Gasteiger partial charge on any atom is 2.00 e. The molecule has 10 aromatic rings. The summed E-state index contributed by atoms with van der Waals surface area (Å²) in [6, 6.07) is 42.5. The zero-order chi connectivity index (χ0) is 105. The van der Waals surface area contributed by atoms with Crippen LogP contribution in [0.2, 0.25) is 0 Å². The first kappa shape index (κ1) is 129. The number of carbonyl (C=O) groups excluding carboxylic acids is 9. The molecule has 0 fully saturated rings. The van der Waals surface area contributed by atoms with E-state index in [0.29, 0.717) is 53.4 Å². The Morgan fingerprint density at radius 3 is 1.16 bits per heavy atom. The largest absolute Gasteiger partial charge is 2.00 e. The SMILES string of the molecule is CC(=O)OC(C)=O.CC(C)C(NC(=O)Cn1c(-c2ccccc2)ncc(N)c1=O)C(=O)c1nnc(C(C)(C)C)o1.CC(C)C(NC(=O)Cn1c(-c2ccccc2)ncc([N+](=O)[O-])c1=O)C(=O)c1nnc(C(C)(C)C)o1.CCN.CCNC(=O)c1ccccc1.CCOC(=N)c1ccccc1.COC(=O)C[N+](=O)[O-].COC=C(C(=O)OC)[N+](=O)[O-].Cl.Cl.O=C(O)Cn1c(-c2ccccc2)ncc([N+](=O)[O-])c1=O.[Ca+2].[H-].[H-]. The van der Waals surface area contributed by atoms with Gasteiger partial charge < -0.3 is 67.9 Å². The smallest absolute Gasteiger partial charge is 1.00 e. The molecule has 0 aliphatic rings. The number of carboxylic acids is 1. The zero-order valence-corrected chi connectivity index (χ0v) is 84.7. The molecule has 0 bridgehead atoms. The van der Waals surface area contributed by atoms with Crippen LogP contribution in [-0.2, 0) is 87.7 Å². The number of anilines is 1. The molecule has 2 unspecified atom stereocenters. The Hall–Kier alpha value is -15.5. The van der Waals surface area contributed by atoms with Gasteiger partial charge in [-0.25, -0.2) is 24.5 Å². The van der Waals surface area contributed by atoms with Gasteiger partial charge in [-0.1, -0.05) is 204 Å². The molecule has 0 aliphatic heterocycles. The van der Waals surface area contributed by atoms with E-state index in [0.717, 1.165) is 47.9 Å². The molecule has 0 radical (unpaired) electrons. The number of carbonyl (C=O) groups is 10. The van der Waals surface area contributed by atoms with Crippen molar-refractivity contribution in [2.75, 3.05) is 53.3 Å². The number of nitrogen functional groups attached to an aromatic ring is 1. The molecule has 764 valence electrons. The number of esters is 4. The quantitative estimate of drug-likeness (QED) is 0.00205. The Kier molecular flexibility index (Phi) is 59.2. The molecule has 3 amide bonds. The van der Waals surface area contributed by atoms with Gasteiger partial charge in [-0.15, -0.1) is 45.2 Å². The molecule has 2 atom stereocenters. The number of methoxy groups -OCH3 is 3. The first-order valence-corrected chi connectivity index (χ1v) is 41.6. The Balaban J connectivity index is -0.000000822. The molecule has 0 aliphatic carbocycles. The topological polar surface area (TPSA) is 704 Å². The number of halogens is 2. The number of hydrogen-bond acceptors (Lipinski definition) is 38. The fourth-order valence-corrected chi connectivity index (χ4v) is 10.5. The summed E-state index contributed by atoms with van der Waals surface area (Å²) < 4.78 is 35.3. The summed E-state index contributed by atoms with van der Waals surface area (Å²) in [6.45, 7) is 25.8. The van der Waals surface area contributed by atoms with Crippen LogP contribution in [-0.4, -0.2) is 236 Å². The third-order valence-electron chi connectivity index (χ3n) is 16.9. The number of amides is 3. The maximum absolute atomic E-state index is 13.0. The van der Waals surface area contributed by atoms with Crippen molar-refractivity contribution in [3.63, 3.8) is 0 Å².